The Morgan fingerprint density at radius 2 is 2.21 bits per heavy atom. The molecule has 2 rings (SSSR count). The van der Waals surface area contributed by atoms with E-state index in [1.807, 2.05) is 13.8 Å². The van der Waals surface area contributed by atoms with E-state index in [0.29, 0.717) is 13.0 Å². The number of carbonyl (C=O) groups is 1. The van der Waals surface area contributed by atoms with Crippen LogP contribution in [0.1, 0.15) is 20.3 Å². The van der Waals surface area contributed by atoms with Crippen LogP contribution < -0.4 is 21.9 Å². The van der Waals surface area contributed by atoms with Crippen LogP contribution in [0.25, 0.3) is 0 Å². The molecule has 2 aliphatic heterocycles. The van der Waals surface area contributed by atoms with Gasteiger partial charge in [0.1, 0.15) is 12.5 Å². The minimum absolute atomic E-state index is 0.00846. The maximum absolute atomic E-state index is 14.0. The lowest BCUT2D eigenvalue weighted by atomic mass is 10.1. The van der Waals surface area contributed by atoms with E-state index in [2.05, 4.69) is 16.2 Å². The highest BCUT2D eigenvalue weighted by Crippen LogP contribution is 2.19. The van der Waals surface area contributed by atoms with E-state index < -0.39 is 24.7 Å². The van der Waals surface area contributed by atoms with Crippen LogP contribution >= 0.6 is 0 Å². The number of hydrogen-bond acceptors (Lipinski definition) is 6. The van der Waals surface area contributed by atoms with Crippen molar-refractivity contribution in [2.24, 2.45) is 5.73 Å². The SMILES string of the molecule is CC(C)O[C@H]1CCN(C(=O)C2NNC(N)N2)C[C@H]1F. The smallest absolute Gasteiger partial charge is 0.255 e. The fraction of sp³-hybridized carbons (Fsp3) is 0.909. The van der Waals surface area contributed by atoms with E-state index in [9.17, 15) is 9.18 Å². The number of hydrazine groups is 1. The third-order valence-corrected chi connectivity index (χ3v) is 3.22. The number of carbonyl (C=O) groups excluding carboxylic acids is 1. The molecule has 2 fully saturated rings. The second-order valence-corrected chi connectivity index (χ2v) is 5.18. The first-order valence-corrected chi connectivity index (χ1v) is 6.58. The lowest BCUT2D eigenvalue weighted by Crippen LogP contribution is -2.56. The van der Waals surface area contributed by atoms with Gasteiger partial charge in [-0.15, -0.1) is 0 Å². The molecule has 8 heteroatoms. The molecule has 7 nitrogen and oxygen atoms in total. The Balaban J connectivity index is 1.85. The molecule has 2 saturated heterocycles. The number of piperidine rings is 1. The van der Waals surface area contributed by atoms with Crippen molar-refractivity contribution in [2.75, 3.05) is 13.1 Å². The predicted octanol–water partition coefficient (Wildman–Crippen LogP) is -1.38. The van der Waals surface area contributed by atoms with Gasteiger partial charge in [0.2, 0.25) is 0 Å². The molecular formula is C11H22FN5O2. The van der Waals surface area contributed by atoms with Gasteiger partial charge in [0.05, 0.1) is 18.8 Å². The van der Waals surface area contributed by atoms with E-state index in [4.69, 9.17) is 10.5 Å². The van der Waals surface area contributed by atoms with Crippen LogP contribution in [0.3, 0.4) is 0 Å². The molecule has 0 radical (unpaired) electrons. The summed E-state index contributed by atoms with van der Waals surface area (Å²) in [5, 5.41) is 2.82. The summed E-state index contributed by atoms with van der Waals surface area (Å²) in [6.45, 7) is 4.31. The average Bonchev–Trinajstić information content (AvgIpc) is 2.77. The van der Waals surface area contributed by atoms with E-state index in [0.717, 1.165) is 0 Å². The van der Waals surface area contributed by atoms with Gasteiger partial charge in [-0.3, -0.25) is 10.1 Å². The maximum Gasteiger partial charge on any atom is 0.255 e. The topological polar surface area (TPSA) is 91.7 Å². The Kier molecular flexibility index (Phi) is 4.69. The van der Waals surface area contributed by atoms with Gasteiger partial charge in [0.15, 0.2) is 6.17 Å². The van der Waals surface area contributed by atoms with Crippen LogP contribution in [0, 0.1) is 0 Å². The van der Waals surface area contributed by atoms with Gasteiger partial charge in [-0.2, -0.15) is 0 Å². The summed E-state index contributed by atoms with van der Waals surface area (Å²) in [6, 6.07) is 0. The third kappa shape index (κ3) is 3.61. The van der Waals surface area contributed by atoms with Crippen LogP contribution in [0.15, 0.2) is 0 Å². The molecule has 0 bridgehead atoms. The average molecular weight is 275 g/mol. The minimum Gasteiger partial charge on any atom is -0.372 e. The number of nitrogens with one attached hydrogen (secondary N) is 3. The largest absolute Gasteiger partial charge is 0.372 e. The number of rotatable bonds is 3. The van der Waals surface area contributed by atoms with Crippen molar-refractivity contribution in [3.05, 3.63) is 0 Å². The van der Waals surface area contributed by atoms with E-state index in [-0.39, 0.29) is 18.6 Å². The first-order valence-electron chi connectivity index (χ1n) is 6.58. The van der Waals surface area contributed by atoms with Crippen molar-refractivity contribution < 1.29 is 13.9 Å². The summed E-state index contributed by atoms with van der Waals surface area (Å²) in [6.07, 6.45) is -2.15. The second-order valence-electron chi connectivity index (χ2n) is 5.18. The second kappa shape index (κ2) is 6.10. The number of alkyl halides is 1. The number of ether oxygens (including phenoxy) is 1. The molecule has 4 atom stereocenters. The maximum atomic E-state index is 14.0. The Bertz CT molecular complexity index is 330. The molecule has 2 aliphatic rings. The number of nitrogens with zero attached hydrogens (tertiary/aromatic N) is 1. The van der Waals surface area contributed by atoms with Crippen LogP contribution in [0.5, 0.6) is 0 Å². The van der Waals surface area contributed by atoms with Crippen LogP contribution in [0.2, 0.25) is 0 Å². The number of amides is 1. The summed E-state index contributed by atoms with van der Waals surface area (Å²) in [5.74, 6) is -0.203. The zero-order valence-corrected chi connectivity index (χ0v) is 11.2. The van der Waals surface area contributed by atoms with Crippen molar-refractivity contribution in [2.45, 2.75) is 51.1 Å². The highest BCUT2D eigenvalue weighted by atomic mass is 19.1. The molecule has 0 saturated carbocycles. The van der Waals surface area contributed by atoms with E-state index in [1.165, 1.54) is 4.90 Å². The van der Waals surface area contributed by atoms with E-state index >= 15 is 0 Å². The van der Waals surface area contributed by atoms with Crippen molar-refractivity contribution in [3.8, 4) is 0 Å². The summed E-state index contributed by atoms with van der Waals surface area (Å²) in [7, 11) is 0. The normalized spacial score (nSPS) is 35.9. The molecule has 19 heavy (non-hydrogen) atoms. The summed E-state index contributed by atoms with van der Waals surface area (Å²) < 4.78 is 19.5. The molecule has 0 spiro atoms. The number of halogens is 1. The van der Waals surface area contributed by atoms with Crippen LogP contribution in [-0.2, 0) is 9.53 Å². The Labute approximate surface area is 112 Å². The number of likely N-dealkylation sites (tertiary alicyclic amines) is 1. The molecular weight excluding hydrogens is 253 g/mol. The fourth-order valence-corrected chi connectivity index (χ4v) is 2.34. The summed E-state index contributed by atoms with van der Waals surface area (Å²) >= 11 is 0. The standard InChI is InChI=1S/C11H22FN5O2/c1-6(2)19-8-3-4-17(5-7(8)12)10(18)9-14-11(13)16-15-9/h6-9,11,14-16H,3-5,13H2,1-2H3/t7-,8+,9?,11?/m1/s1. The van der Waals surface area contributed by atoms with Crippen LogP contribution in [0.4, 0.5) is 4.39 Å². The van der Waals surface area contributed by atoms with Gasteiger partial charge in [-0.05, 0) is 20.3 Å². The Morgan fingerprint density at radius 1 is 1.47 bits per heavy atom. The molecule has 0 aromatic carbocycles. The molecule has 2 unspecified atom stereocenters. The highest BCUT2D eigenvalue weighted by Gasteiger charge is 2.36. The number of hydrogen-bond donors (Lipinski definition) is 4. The fourth-order valence-electron chi connectivity index (χ4n) is 2.34. The van der Waals surface area contributed by atoms with Gasteiger partial charge in [0.25, 0.3) is 5.91 Å². The zero-order valence-electron chi connectivity index (χ0n) is 11.2. The van der Waals surface area contributed by atoms with Crippen molar-refractivity contribution in [3.63, 3.8) is 0 Å². The van der Waals surface area contributed by atoms with Crippen molar-refractivity contribution in [1.29, 1.82) is 0 Å². The first-order chi connectivity index (χ1) is 8.97. The van der Waals surface area contributed by atoms with Gasteiger partial charge in [0, 0.05) is 6.54 Å². The molecule has 0 aromatic rings. The predicted molar refractivity (Wildman–Crippen MR) is 67.3 cm³/mol. The molecule has 1 amide bonds. The zero-order chi connectivity index (χ0) is 14.0. The van der Waals surface area contributed by atoms with Crippen LogP contribution in [-0.4, -0.2) is 54.7 Å². The van der Waals surface area contributed by atoms with Gasteiger partial charge in [-0.1, -0.05) is 0 Å². The summed E-state index contributed by atoms with van der Waals surface area (Å²) in [4.78, 5) is 13.6. The molecule has 2 heterocycles. The van der Waals surface area contributed by atoms with Gasteiger partial charge < -0.3 is 15.4 Å². The third-order valence-electron chi connectivity index (χ3n) is 3.22. The monoisotopic (exact) mass is 275 g/mol. The molecule has 110 valence electrons. The lowest BCUT2D eigenvalue weighted by Gasteiger charge is -2.36. The Hall–Kier alpha value is -0.800. The van der Waals surface area contributed by atoms with Gasteiger partial charge in [-0.25, -0.2) is 15.2 Å². The van der Waals surface area contributed by atoms with E-state index in [1.54, 1.807) is 0 Å². The highest BCUT2D eigenvalue weighted by molar-refractivity contribution is 5.81. The molecule has 0 aliphatic carbocycles. The van der Waals surface area contributed by atoms with Crippen molar-refractivity contribution in [1.82, 2.24) is 21.1 Å². The minimum atomic E-state index is -1.15. The first kappa shape index (κ1) is 14.6. The molecule has 0 aromatic heterocycles. The van der Waals surface area contributed by atoms with Crippen molar-refractivity contribution >= 4 is 5.91 Å². The summed E-state index contributed by atoms with van der Waals surface area (Å²) in [5.41, 5.74) is 11.0. The number of nitrogens with two attached hydrogens (primary N) is 1. The quantitative estimate of drug-likeness (QED) is 0.507. The lowest BCUT2D eigenvalue weighted by molar-refractivity contribution is -0.140. The molecule has 5 N–H and O–H groups in total. The van der Waals surface area contributed by atoms with Gasteiger partial charge >= 0.3 is 0 Å². The Morgan fingerprint density at radius 3 is 2.74 bits per heavy atom.